The fourth-order valence-corrected chi connectivity index (χ4v) is 4.12. The lowest BCUT2D eigenvalue weighted by molar-refractivity contribution is 0.0971. The van der Waals surface area contributed by atoms with Crippen molar-refractivity contribution in [3.05, 3.63) is 105 Å². The highest BCUT2D eigenvalue weighted by Gasteiger charge is 2.43. The van der Waals surface area contributed by atoms with Crippen LogP contribution in [0.25, 0.3) is 11.0 Å². The SMILES string of the molecule is COc1ccc(N2C(=O)c3oc4ccccc4c(=O)c3C2c2cccc(Cl)c2)cc1. The average Bonchev–Trinajstić information content (AvgIpc) is 3.07. The number of para-hydroxylation sites is 1. The Hall–Kier alpha value is -3.57. The summed E-state index contributed by atoms with van der Waals surface area (Å²) in [6.45, 7) is 0. The first-order valence-electron chi connectivity index (χ1n) is 9.37. The number of carbonyl (C=O) groups is 1. The van der Waals surface area contributed by atoms with Crippen molar-refractivity contribution in [3.63, 3.8) is 0 Å². The largest absolute Gasteiger partial charge is 0.497 e. The molecular weight excluding hydrogens is 402 g/mol. The van der Waals surface area contributed by atoms with Gasteiger partial charge in [-0.25, -0.2) is 0 Å². The zero-order valence-corrected chi connectivity index (χ0v) is 16.7. The Morgan fingerprint density at radius 1 is 0.967 bits per heavy atom. The third-order valence-corrected chi connectivity index (χ3v) is 5.53. The van der Waals surface area contributed by atoms with Gasteiger partial charge < -0.3 is 9.15 Å². The van der Waals surface area contributed by atoms with Crippen molar-refractivity contribution < 1.29 is 13.9 Å². The molecule has 0 bridgehead atoms. The van der Waals surface area contributed by atoms with Crippen molar-refractivity contribution in [3.8, 4) is 5.75 Å². The van der Waals surface area contributed by atoms with E-state index in [1.54, 1.807) is 78.7 Å². The molecule has 5 rings (SSSR count). The molecular formula is C24H16ClNO4. The minimum absolute atomic E-state index is 0.0551. The fourth-order valence-electron chi connectivity index (χ4n) is 3.92. The van der Waals surface area contributed by atoms with Crippen LogP contribution in [-0.2, 0) is 0 Å². The first-order chi connectivity index (χ1) is 14.6. The van der Waals surface area contributed by atoms with Crippen molar-refractivity contribution in [1.29, 1.82) is 0 Å². The van der Waals surface area contributed by atoms with Crippen molar-refractivity contribution in [2.75, 3.05) is 12.0 Å². The summed E-state index contributed by atoms with van der Waals surface area (Å²) in [4.78, 5) is 28.4. The second-order valence-electron chi connectivity index (χ2n) is 7.00. The molecule has 4 aromatic rings. The van der Waals surface area contributed by atoms with Gasteiger partial charge in [0.05, 0.1) is 24.1 Å². The summed E-state index contributed by atoms with van der Waals surface area (Å²) in [6, 6.07) is 20.6. The lowest BCUT2D eigenvalue weighted by Crippen LogP contribution is -2.29. The number of rotatable bonds is 3. The van der Waals surface area contributed by atoms with Crippen LogP contribution in [-0.4, -0.2) is 13.0 Å². The Kier molecular flexibility index (Phi) is 4.33. The molecule has 3 aromatic carbocycles. The Balaban J connectivity index is 1.79. The van der Waals surface area contributed by atoms with Gasteiger partial charge in [0.15, 0.2) is 5.43 Å². The monoisotopic (exact) mass is 417 g/mol. The molecule has 6 heteroatoms. The minimum Gasteiger partial charge on any atom is -0.497 e. The van der Waals surface area contributed by atoms with Gasteiger partial charge in [-0.3, -0.25) is 14.5 Å². The molecule has 1 unspecified atom stereocenters. The Morgan fingerprint density at radius 3 is 2.47 bits per heavy atom. The smallest absolute Gasteiger partial charge is 0.295 e. The topological polar surface area (TPSA) is 59.8 Å². The second kappa shape index (κ2) is 7.04. The van der Waals surface area contributed by atoms with Crippen LogP contribution in [0.2, 0.25) is 5.02 Å². The maximum Gasteiger partial charge on any atom is 0.295 e. The summed E-state index contributed by atoms with van der Waals surface area (Å²) in [7, 11) is 1.58. The quantitative estimate of drug-likeness (QED) is 0.459. The predicted molar refractivity (Wildman–Crippen MR) is 116 cm³/mol. The molecule has 30 heavy (non-hydrogen) atoms. The first-order valence-corrected chi connectivity index (χ1v) is 9.75. The van der Waals surface area contributed by atoms with Crippen LogP contribution >= 0.6 is 11.6 Å². The van der Waals surface area contributed by atoms with E-state index in [0.29, 0.717) is 33.0 Å². The number of anilines is 1. The molecule has 0 saturated carbocycles. The molecule has 0 saturated heterocycles. The summed E-state index contributed by atoms with van der Waals surface area (Å²) in [5.74, 6) is 0.352. The number of hydrogen-bond acceptors (Lipinski definition) is 4. The van der Waals surface area contributed by atoms with Crippen molar-refractivity contribution in [2.24, 2.45) is 0 Å². The molecule has 1 aliphatic rings. The number of benzene rings is 3. The van der Waals surface area contributed by atoms with Gasteiger partial charge in [0, 0.05) is 10.7 Å². The van der Waals surface area contributed by atoms with E-state index in [0.717, 1.165) is 5.56 Å². The van der Waals surface area contributed by atoms with Gasteiger partial charge in [0.2, 0.25) is 5.76 Å². The standard InChI is InChI=1S/C24H16ClNO4/c1-29-17-11-9-16(10-12-17)26-21(14-5-4-6-15(25)13-14)20-22(27)18-7-2-3-8-19(18)30-23(20)24(26)28/h2-13,21H,1H3. The van der Waals surface area contributed by atoms with Crippen molar-refractivity contribution in [1.82, 2.24) is 0 Å². The van der Waals surface area contributed by atoms with E-state index in [2.05, 4.69) is 0 Å². The molecule has 1 amide bonds. The second-order valence-corrected chi connectivity index (χ2v) is 7.44. The van der Waals surface area contributed by atoms with Gasteiger partial charge in [-0.2, -0.15) is 0 Å². The van der Waals surface area contributed by atoms with E-state index in [4.69, 9.17) is 20.8 Å². The average molecular weight is 418 g/mol. The van der Waals surface area contributed by atoms with Crippen LogP contribution in [0.5, 0.6) is 5.75 Å². The summed E-state index contributed by atoms with van der Waals surface area (Å²) in [5, 5.41) is 0.959. The Labute approximate surface area is 177 Å². The van der Waals surface area contributed by atoms with Gasteiger partial charge in [0.25, 0.3) is 5.91 Å². The molecule has 1 atom stereocenters. The predicted octanol–water partition coefficient (Wildman–Crippen LogP) is 5.20. The molecule has 2 heterocycles. The van der Waals surface area contributed by atoms with E-state index >= 15 is 0 Å². The van der Waals surface area contributed by atoms with Crippen LogP contribution < -0.4 is 15.1 Å². The van der Waals surface area contributed by atoms with Crippen molar-refractivity contribution >= 4 is 34.2 Å². The van der Waals surface area contributed by atoms with Gasteiger partial charge >= 0.3 is 0 Å². The molecule has 0 radical (unpaired) electrons. The fraction of sp³-hybridized carbons (Fsp3) is 0.0833. The van der Waals surface area contributed by atoms with E-state index in [-0.39, 0.29) is 17.1 Å². The molecule has 1 aliphatic heterocycles. The van der Waals surface area contributed by atoms with Crippen LogP contribution in [0, 0.1) is 0 Å². The highest BCUT2D eigenvalue weighted by atomic mass is 35.5. The molecule has 148 valence electrons. The van der Waals surface area contributed by atoms with Crippen LogP contribution in [0.1, 0.15) is 27.7 Å². The van der Waals surface area contributed by atoms with E-state index in [1.165, 1.54) is 0 Å². The number of methoxy groups -OCH3 is 1. The lowest BCUT2D eigenvalue weighted by Gasteiger charge is -2.25. The maximum atomic E-state index is 13.4. The zero-order valence-electron chi connectivity index (χ0n) is 16.0. The van der Waals surface area contributed by atoms with E-state index in [1.807, 2.05) is 6.07 Å². The highest BCUT2D eigenvalue weighted by Crippen LogP contribution is 2.41. The van der Waals surface area contributed by atoms with Gasteiger partial charge in [-0.05, 0) is 54.1 Å². The molecule has 0 fully saturated rings. The normalized spacial score (nSPS) is 15.5. The number of ether oxygens (including phenoxy) is 1. The summed E-state index contributed by atoms with van der Waals surface area (Å²) in [6.07, 6.45) is 0. The number of fused-ring (bicyclic) bond motifs is 2. The van der Waals surface area contributed by atoms with Gasteiger partial charge in [-0.1, -0.05) is 35.9 Å². The number of hydrogen-bond donors (Lipinski definition) is 0. The van der Waals surface area contributed by atoms with Crippen LogP contribution in [0.15, 0.2) is 82.0 Å². The lowest BCUT2D eigenvalue weighted by atomic mass is 9.98. The highest BCUT2D eigenvalue weighted by molar-refractivity contribution is 6.30. The molecule has 1 aromatic heterocycles. The number of halogens is 1. The third kappa shape index (κ3) is 2.78. The van der Waals surface area contributed by atoms with Crippen molar-refractivity contribution in [2.45, 2.75) is 6.04 Å². The van der Waals surface area contributed by atoms with E-state index < -0.39 is 6.04 Å². The number of nitrogens with zero attached hydrogens (tertiary/aromatic N) is 1. The van der Waals surface area contributed by atoms with E-state index in [9.17, 15) is 9.59 Å². The minimum atomic E-state index is -0.652. The summed E-state index contributed by atoms with van der Waals surface area (Å²) >= 11 is 6.23. The third-order valence-electron chi connectivity index (χ3n) is 5.29. The summed E-state index contributed by atoms with van der Waals surface area (Å²) in [5.41, 5.74) is 1.84. The van der Waals surface area contributed by atoms with Crippen LogP contribution in [0.4, 0.5) is 5.69 Å². The molecule has 0 aliphatic carbocycles. The Morgan fingerprint density at radius 2 is 1.73 bits per heavy atom. The van der Waals surface area contributed by atoms with Gasteiger partial charge in [0.1, 0.15) is 11.3 Å². The molecule has 0 N–H and O–H groups in total. The maximum absolute atomic E-state index is 13.4. The zero-order chi connectivity index (χ0) is 20.8. The van der Waals surface area contributed by atoms with Crippen LogP contribution in [0.3, 0.4) is 0 Å². The number of amides is 1. The number of carbonyl (C=O) groups excluding carboxylic acids is 1. The summed E-state index contributed by atoms with van der Waals surface area (Å²) < 4.78 is 11.2. The van der Waals surface area contributed by atoms with Gasteiger partial charge in [-0.15, -0.1) is 0 Å². The Bertz CT molecular complexity index is 1340. The molecule has 0 spiro atoms. The molecule has 5 nitrogen and oxygen atoms in total. The first kappa shape index (κ1) is 18.5.